The van der Waals surface area contributed by atoms with Crippen LogP contribution in [0.3, 0.4) is 0 Å². The number of para-hydroxylation sites is 1. The van der Waals surface area contributed by atoms with Gasteiger partial charge in [0, 0.05) is 31.4 Å². The largest absolute Gasteiger partial charge is 0.376 e. The SMILES string of the molecule is CCN(CC(=O)Nc1cc(Cl)ccc1N(C)C)c1ccccc1. The molecule has 23 heavy (non-hydrogen) atoms. The van der Waals surface area contributed by atoms with Crippen molar-refractivity contribution in [3.63, 3.8) is 0 Å². The number of benzene rings is 2. The predicted octanol–water partition coefficient (Wildman–Crippen LogP) is 3.87. The molecule has 0 saturated carbocycles. The lowest BCUT2D eigenvalue weighted by atomic mass is 10.2. The Labute approximate surface area is 142 Å². The van der Waals surface area contributed by atoms with Gasteiger partial charge in [0.15, 0.2) is 0 Å². The standard InChI is InChI=1S/C18H22ClN3O/c1-4-22(15-8-6-5-7-9-15)13-18(23)20-16-12-14(19)10-11-17(16)21(2)3/h5-12H,4,13H2,1-3H3,(H,20,23). The zero-order valence-electron chi connectivity index (χ0n) is 13.7. The Hall–Kier alpha value is -2.20. The number of anilines is 3. The smallest absolute Gasteiger partial charge is 0.243 e. The molecule has 0 bridgehead atoms. The summed E-state index contributed by atoms with van der Waals surface area (Å²) < 4.78 is 0. The molecule has 1 amide bonds. The van der Waals surface area contributed by atoms with Crippen molar-refractivity contribution in [1.82, 2.24) is 0 Å². The van der Waals surface area contributed by atoms with E-state index in [0.29, 0.717) is 11.6 Å². The van der Waals surface area contributed by atoms with Crippen molar-refractivity contribution in [2.24, 2.45) is 0 Å². The van der Waals surface area contributed by atoms with E-state index in [1.807, 2.05) is 73.3 Å². The van der Waals surface area contributed by atoms with E-state index in [9.17, 15) is 4.79 Å². The summed E-state index contributed by atoms with van der Waals surface area (Å²) in [6.07, 6.45) is 0. The Morgan fingerprint density at radius 2 is 1.83 bits per heavy atom. The number of hydrogen-bond donors (Lipinski definition) is 1. The lowest BCUT2D eigenvalue weighted by molar-refractivity contribution is -0.115. The van der Waals surface area contributed by atoms with E-state index in [4.69, 9.17) is 11.6 Å². The van der Waals surface area contributed by atoms with Crippen molar-refractivity contribution in [3.05, 3.63) is 53.6 Å². The van der Waals surface area contributed by atoms with Crippen LogP contribution in [0.15, 0.2) is 48.5 Å². The zero-order valence-corrected chi connectivity index (χ0v) is 14.5. The molecule has 122 valence electrons. The highest BCUT2D eigenvalue weighted by atomic mass is 35.5. The molecule has 0 spiro atoms. The minimum atomic E-state index is -0.0685. The highest BCUT2D eigenvalue weighted by Gasteiger charge is 2.13. The second-order valence-corrected chi connectivity index (χ2v) is 5.89. The van der Waals surface area contributed by atoms with Gasteiger partial charge in [0.2, 0.25) is 5.91 Å². The summed E-state index contributed by atoms with van der Waals surface area (Å²) in [6, 6.07) is 15.4. The van der Waals surface area contributed by atoms with Crippen LogP contribution in [0.1, 0.15) is 6.92 Å². The number of amides is 1. The molecule has 1 N–H and O–H groups in total. The van der Waals surface area contributed by atoms with Gasteiger partial charge in [0.25, 0.3) is 0 Å². The van der Waals surface area contributed by atoms with E-state index >= 15 is 0 Å². The first-order valence-electron chi connectivity index (χ1n) is 7.58. The fraction of sp³-hybridized carbons (Fsp3) is 0.278. The van der Waals surface area contributed by atoms with Crippen LogP contribution in [-0.4, -0.2) is 33.1 Å². The highest BCUT2D eigenvalue weighted by molar-refractivity contribution is 6.31. The van der Waals surface area contributed by atoms with Crippen molar-refractivity contribution < 1.29 is 4.79 Å². The summed E-state index contributed by atoms with van der Waals surface area (Å²) >= 11 is 6.05. The lowest BCUT2D eigenvalue weighted by Gasteiger charge is -2.23. The molecule has 0 unspecified atom stereocenters. The van der Waals surface area contributed by atoms with E-state index in [1.54, 1.807) is 6.07 Å². The van der Waals surface area contributed by atoms with Crippen LogP contribution in [0.4, 0.5) is 17.1 Å². The Kier molecular flexibility index (Phi) is 5.88. The molecule has 0 fully saturated rings. The monoisotopic (exact) mass is 331 g/mol. The molecule has 0 heterocycles. The molecule has 5 heteroatoms. The van der Waals surface area contributed by atoms with Crippen LogP contribution >= 0.6 is 11.6 Å². The topological polar surface area (TPSA) is 35.6 Å². The minimum Gasteiger partial charge on any atom is -0.376 e. The molecule has 2 aromatic carbocycles. The molecule has 0 radical (unpaired) electrons. The maximum atomic E-state index is 12.4. The second kappa shape index (κ2) is 7.88. The highest BCUT2D eigenvalue weighted by Crippen LogP contribution is 2.27. The Morgan fingerprint density at radius 3 is 2.43 bits per heavy atom. The summed E-state index contributed by atoms with van der Waals surface area (Å²) in [5.41, 5.74) is 2.67. The van der Waals surface area contributed by atoms with Crippen LogP contribution in [0.5, 0.6) is 0 Å². The molecule has 2 rings (SSSR count). The third kappa shape index (κ3) is 4.63. The molecule has 0 aliphatic rings. The van der Waals surface area contributed by atoms with Crippen LogP contribution in [0.25, 0.3) is 0 Å². The molecule has 0 atom stereocenters. The molecule has 0 aliphatic heterocycles. The maximum Gasteiger partial charge on any atom is 0.243 e. The van der Waals surface area contributed by atoms with Crippen molar-refractivity contribution in [3.8, 4) is 0 Å². The Balaban J connectivity index is 2.11. The third-order valence-corrected chi connectivity index (χ3v) is 3.79. The molecule has 4 nitrogen and oxygen atoms in total. The average Bonchev–Trinajstić information content (AvgIpc) is 2.53. The number of carbonyl (C=O) groups excluding carboxylic acids is 1. The number of hydrogen-bond acceptors (Lipinski definition) is 3. The summed E-state index contributed by atoms with van der Waals surface area (Å²) in [7, 11) is 3.86. The molecular formula is C18H22ClN3O. The van der Waals surface area contributed by atoms with Crippen LogP contribution in [-0.2, 0) is 4.79 Å². The molecule has 0 aromatic heterocycles. The average molecular weight is 332 g/mol. The summed E-state index contributed by atoms with van der Waals surface area (Å²) in [5, 5.41) is 3.56. The molecule has 0 aliphatic carbocycles. The van der Waals surface area contributed by atoms with Crippen LogP contribution < -0.4 is 15.1 Å². The Bertz CT molecular complexity index is 659. The quantitative estimate of drug-likeness (QED) is 0.872. The van der Waals surface area contributed by atoms with Crippen LogP contribution in [0.2, 0.25) is 5.02 Å². The first kappa shape index (κ1) is 17.2. The maximum absolute atomic E-state index is 12.4. The second-order valence-electron chi connectivity index (χ2n) is 5.45. The van der Waals surface area contributed by atoms with E-state index in [2.05, 4.69) is 5.32 Å². The Morgan fingerprint density at radius 1 is 1.13 bits per heavy atom. The van der Waals surface area contributed by atoms with Gasteiger partial charge in [0.1, 0.15) is 0 Å². The molecule has 0 saturated heterocycles. The number of rotatable bonds is 6. The predicted molar refractivity (Wildman–Crippen MR) is 98.7 cm³/mol. The fourth-order valence-electron chi connectivity index (χ4n) is 2.39. The normalized spacial score (nSPS) is 10.3. The van der Waals surface area contributed by atoms with Gasteiger partial charge in [-0.05, 0) is 37.3 Å². The van der Waals surface area contributed by atoms with Gasteiger partial charge < -0.3 is 15.1 Å². The van der Waals surface area contributed by atoms with E-state index in [0.717, 1.165) is 23.6 Å². The third-order valence-electron chi connectivity index (χ3n) is 3.55. The summed E-state index contributed by atoms with van der Waals surface area (Å²) in [4.78, 5) is 16.4. The molecular weight excluding hydrogens is 310 g/mol. The van der Waals surface area contributed by atoms with Gasteiger partial charge >= 0.3 is 0 Å². The van der Waals surface area contributed by atoms with E-state index in [-0.39, 0.29) is 5.91 Å². The first-order valence-corrected chi connectivity index (χ1v) is 7.95. The van der Waals surface area contributed by atoms with Gasteiger partial charge in [-0.3, -0.25) is 4.79 Å². The van der Waals surface area contributed by atoms with Gasteiger partial charge in [-0.1, -0.05) is 29.8 Å². The van der Waals surface area contributed by atoms with E-state index in [1.165, 1.54) is 0 Å². The van der Waals surface area contributed by atoms with E-state index < -0.39 is 0 Å². The summed E-state index contributed by atoms with van der Waals surface area (Å²) in [6.45, 7) is 3.08. The fourth-order valence-corrected chi connectivity index (χ4v) is 2.56. The van der Waals surface area contributed by atoms with Crippen molar-refractivity contribution in [2.75, 3.05) is 42.3 Å². The van der Waals surface area contributed by atoms with Crippen molar-refractivity contribution in [1.29, 1.82) is 0 Å². The number of nitrogens with zero attached hydrogens (tertiary/aromatic N) is 2. The molecule has 2 aromatic rings. The zero-order chi connectivity index (χ0) is 16.8. The van der Waals surface area contributed by atoms with Crippen LogP contribution in [0, 0.1) is 0 Å². The number of nitrogens with one attached hydrogen (secondary N) is 1. The lowest BCUT2D eigenvalue weighted by Crippen LogP contribution is -2.33. The minimum absolute atomic E-state index is 0.0685. The van der Waals surface area contributed by atoms with Gasteiger partial charge in [0.05, 0.1) is 17.9 Å². The number of likely N-dealkylation sites (N-methyl/N-ethyl adjacent to an activating group) is 1. The van der Waals surface area contributed by atoms with Crippen molar-refractivity contribution in [2.45, 2.75) is 6.92 Å². The summed E-state index contributed by atoms with van der Waals surface area (Å²) in [5.74, 6) is -0.0685. The number of carbonyl (C=O) groups is 1. The van der Waals surface area contributed by atoms with Gasteiger partial charge in [-0.15, -0.1) is 0 Å². The number of halogens is 1. The van der Waals surface area contributed by atoms with Gasteiger partial charge in [-0.25, -0.2) is 0 Å². The van der Waals surface area contributed by atoms with Gasteiger partial charge in [-0.2, -0.15) is 0 Å². The first-order chi connectivity index (χ1) is 11.0. The van der Waals surface area contributed by atoms with Crippen molar-refractivity contribution >= 4 is 34.6 Å².